The SMILES string of the molecule is O=S(=O)(O)c1cccc(NC2=CC(F)=NN(F)N2)c1. The molecule has 1 aliphatic rings. The third kappa shape index (κ3) is 3.39. The van der Waals surface area contributed by atoms with Gasteiger partial charge in [0.15, 0.2) is 0 Å². The van der Waals surface area contributed by atoms with Crippen LogP contribution >= 0.6 is 0 Å². The van der Waals surface area contributed by atoms with Crippen molar-refractivity contribution in [2.45, 2.75) is 4.90 Å². The highest BCUT2D eigenvalue weighted by Crippen LogP contribution is 2.17. The summed E-state index contributed by atoms with van der Waals surface area (Å²) >= 11 is 0. The second kappa shape index (κ2) is 4.82. The molecule has 3 N–H and O–H groups in total. The van der Waals surface area contributed by atoms with E-state index in [0.717, 1.165) is 12.1 Å². The van der Waals surface area contributed by atoms with Crippen LogP contribution in [0.3, 0.4) is 0 Å². The number of hydrogen-bond acceptors (Lipinski definition) is 6. The van der Waals surface area contributed by atoms with Crippen molar-refractivity contribution in [2.24, 2.45) is 5.10 Å². The van der Waals surface area contributed by atoms with Gasteiger partial charge in [-0.15, -0.1) is 0 Å². The second-order valence-corrected chi connectivity index (χ2v) is 4.90. The molecule has 0 saturated heterocycles. The Morgan fingerprint density at radius 1 is 1.42 bits per heavy atom. The molecular formula is C9H8F2N4O3S. The molecule has 1 aromatic rings. The van der Waals surface area contributed by atoms with Crippen molar-refractivity contribution in [2.75, 3.05) is 5.32 Å². The predicted molar refractivity (Wildman–Crippen MR) is 62.6 cm³/mol. The number of benzene rings is 1. The van der Waals surface area contributed by atoms with E-state index in [1.165, 1.54) is 18.2 Å². The fourth-order valence-corrected chi connectivity index (χ4v) is 1.87. The van der Waals surface area contributed by atoms with Gasteiger partial charge in [-0.05, 0) is 23.5 Å². The molecular weight excluding hydrogens is 282 g/mol. The molecule has 2 rings (SSSR count). The molecule has 10 heteroatoms. The quantitative estimate of drug-likeness (QED) is 0.571. The van der Waals surface area contributed by atoms with E-state index in [0.29, 0.717) is 0 Å². The molecule has 0 aromatic heterocycles. The van der Waals surface area contributed by atoms with Crippen LogP contribution in [0.4, 0.5) is 14.6 Å². The van der Waals surface area contributed by atoms with Crippen molar-refractivity contribution in [3.8, 4) is 0 Å². The molecule has 0 fully saturated rings. The lowest BCUT2D eigenvalue weighted by Gasteiger charge is -2.18. The lowest BCUT2D eigenvalue weighted by atomic mass is 10.3. The fourth-order valence-electron chi connectivity index (χ4n) is 1.34. The van der Waals surface area contributed by atoms with Gasteiger partial charge in [0.05, 0.1) is 4.90 Å². The van der Waals surface area contributed by atoms with E-state index in [9.17, 15) is 17.3 Å². The molecule has 0 aliphatic carbocycles. The Bertz CT molecular complexity index is 659. The molecule has 1 aliphatic heterocycles. The molecule has 0 spiro atoms. The second-order valence-electron chi connectivity index (χ2n) is 3.48. The van der Waals surface area contributed by atoms with Crippen molar-refractivity contribution >= 4 is 21.8 Å². The van der Waals surface area contributed by atoms with E-state index in [4.69, 9.17) is 4.55 Å². The van der Waals surface area contributed by atoms with Gasteiger partial charge in [0.2, 0.25) is 5.97 Å². The molecule has 102 valence electrons. The third-order valence-electron chi connectivity index (χ3n) is 2.07. The number of hydrogen-bond donors (Lipinski definition) is 3. The van der Waals surface area contributed by atoms with Crippen LogP contribution in [0, 0.1) is 0 Å². The first-order chi connectivity index (χ1) is 8.84. The van der Waals surface area contributed by atoms with Crippen molar-refractivity contribution in [1.29, 1.82) is 0 Å². The van der Waals surface area contributed by atoms with Gasteiger partial charge in [-0.1, -0.05) is 15.6 Å². The van der Waals surface area contributed by atoms with Crippen molar-refractivity contribution < 1.29 is 21.8 Å². The van der Waals surface area contributed by atoms with Gasteiger partial charge in [0.1, 0.15) is 5.82 Å². The highest BCUT2D eigenvalue weighted by atomic mass is 32.2. The Kier molecular flexibility index (Phi) is 3.36. The molecule has 1 heterocycles. The number of allylic oxidation sites excluding steroid dienone is 1. The predicted octanol–water partition coefficient (Wildman–Crippen LogP) is 1.17. The molecule has 0 bridgehead atoms. The standard InChI is InChI=1S/C9H8F2N4O3S/c10-8-5-9(14-15(11)13-8)12-6-2-1-3-7(4-6)19(16,17)18/h1-5,12,14H,(H,16,17,18). The Labute approximate surface area is 106 Å². The molecule has 0 unspecified atom stereocenters. The van der Waals surface area contributed by atoms with Crippen LogP contribution in [0.2, 0.25) is 0 Å². The summed E-state index contributed by atoms with van der Waals surface area (Å²) in [7, 11) is -4.35. The highest BCUT2D eigenvalue weighted by Gasteiger charge is 2.14. The van der Waals surface area contributed by atoms with E-state index >= 15 is 0 Å². The number of halogens is 2. The topological polar surface area (TPSA) is 94.0 Å². The number of nitrogens with zero attached hydrogens (tertiary/aromatic N) is 2. The number of hydrazine groups is 1. The Hall–Kier alpha value is -2.20. The first-order valence-corrected chi connectivity index (χ1v) is 6.31. The average molecular weight is 290 g/mol. The summed E-state index contributed by atoms with van der Waals surface area (Å²) in [5, 5.41) is 4.97. The van der Waals surface area contributed by atoms with E-state index in [2.05, 4.69) is 10.4 Å². The fraction of sp³-hybridized carbons (Fsp3) is 0. The summed E-state index contributed by atoms with van der Waals surface area (Å²) in [5.74, 6) is -1.17. The number of anilines is 1. The van der Waals surface area contributed by atoms with Crippen LogP contribution in [-0.4, -0.2) is 24.3 Å². The van der Waals surface area contributed by atoms with Crippen LogP contribution in [-0.2, 0) is 10.1 Å². The lowest BCUT2D eigenvalue weighted by molar-refractivity contribution is -0.0198. The molecule has 0 radical (unpaired) electrons. The smallest absolute Gasteiger partial charge is 0.294 e. The first-order valence-electron chi connectivity index (χ1n) is 4.87. The molecule has 7 nitrogen and oxygen atoms in total. The van der Waals surface area contributed by atoms with Crippen molar-refractivity contribution in [1.82, 2.24) is 10.8 Å². The Morgan fingerprint density at radius 2 is 2.16 bits per heavy atom. The summed E-state index contributed by atoms with van der Waals surface area (Å²) in [6.45, 7) is 0. The largest absolute Gasteiger partial charge is 0.340 e. The summed E-state index contributed by atoms with van der Waals surface area (Å²) in [4.78, 5) is -0.347. The number of hydrazone groups is 1. The molecule has 19 heavy (non-hydrogen) atoms. The zero-order chi connectivity index (χ0) is 14.0. The van der Waals surface area contributed by atoms with E-state index in [1.54, 1.807) is 0 Å². The molecule has 0 amide bonds. The maximum Gasteiger partial charge on any atom is 0.294 e. The average Bonchev–Trinajstić information content (AvgIpc) is 2.26. The van der Waals surface area contributed by atoms with E-state index < -0.39 is 16.1 Å². The zero-order valence-electron chi connectivity index (χ0n) is 9.21. The molecule has 0 saturated carbocycles. The van der Waals surface area contributed by atoms with Crippen LogP contribution < -0.4 is 10.7 Å². The summed E-state index contributed by atoms with van der Waals surface area (Å²) in [5.41, 5.74) is 2.24. The van der Waals surface area contributed by atoms with Crippen molar-refractivity contribution in [3.05, 3.63) is 36.2 Å². The van der Waals surface area contributed by atoms with Crippen LogP contribution in [0.25, 0.3) is 0 Å². The van der Waals surface area contributed by atoms with Gasteiger partial charge in [-0.2, -0.15) is 12.8 Å². The zero-order valence-corrected chi connectivity index (χ0v) is 10.0. The van der Waals surface area contributed by atoms with Gasteiger partial charge in [-0.3, -0.25) is 4.55 Å². The Balaban J connectivity index is 2.23. The number of rotatable bonds is 3. The van der Waals surface area contributed by atoms with E-state index in [-0.39, 0.29) is 21.7 Å². The van der Waals surface area contributed by atoms with Gasteiger partial charge in [0.25, 0.3) is 10.1 Å². The highest BCUT2D eigenvalue weighted by molar-refractivity contribution is 7.85. The van der Waals surface area contributed by atoms with Gasteiger partial charge >= 0.3 is 0 Å². The van der Waals surface area contributed by atoms with Gasteiger partial charge in [-0.25, -0.2) is 5.43 Å². The first kappa shape index (κ1) is 13.2. The van der Waals surface area contributed by atoms with Gasteiger partial charge in [0, 0.05) is 11.8 Å². The van der Waals surface area contributed by atoms with Crippen molar-refractivity contribution in [3.63, 3.8) is 0 Å². The minimum absolute atomic E-state index is 0.0949. The monoisotopic (exact) mass is 290 g/mol. The summed E-state index contributed by atoms with van der Waals surface area (Å²) in [6.07, 6.45) is 0.871. The maximum absolute atomic E-state index is 12.8. The lowest BCUT2D eigenvalue weighted by Crippen LogP contribution is -2.33. The van der Waals surface area contributed by atoms with Gasteiger partial charge < -0.3 is 5.32 Å². The Morgan fingerprint density at radius 3 is 2.79 bits per heavy atom. The summed E-state index contributed by atoms with van der Waals surface area (Å²) in [6, 6.07) is 5.08. The van der Waals surface area contributed by atoms with Crippen LogP contribution in [0.5, 0.6) is 0 Å². The minimum atomic E-state index is -4.35. The van der Waals surface area contributed by atoms with E-state index in [1.807, 2.05) is 5.43 Å². The summed E-state index contributed by atoms with van der Waals surface area (Å²) < 4.78 is 56.3. The normalized spacial score (nSPS) is 15.4. The minimum Gasteiger partial charge on any atom is -0.340 e. The molecule has 0 atom stereocenters. The number of nitrogens with one attached hydrogen (secondary N) is 2. The maximum atomic E-state index is 12.8. The molecule has 1 aromatic carbocycles. The third-order valence-corrected chi connectivity index (χ3v) is 2.92. The van der Waals surface area contributed by atoms with Crippen LogP contribution in [0.15, 0.2) is 46.2 Å². The van der Waals surface area contributed by atoms with Crippen LogP contribution in [0.1, 0.15) is 0 Å².